The maximum atomic E-state index is 11.5. The van der Waals surface area contributed by atoms with Gasteiger partial charge in [-0.15, -0.1) is 5.10 Å². The van der Waals surface area contributed by atoms with Gasteiger partial charge in [0.2, 0.25) is 0 Å². The lowest BCUT2D eigenvalue weighted by Crippen LogP contribution is -2.16. The van der Waals surface area contributed by atoms with E-state index in [1.54, 1.807) is 4.68 Å². The molecule has 1 aliphatic rings. The molecule has 0 bridgehead atoms. The Morgan fingerprint density at radius 2 is 1.91 bits per heavy atom. The van der Waals surface area contributed by atoms with E-state index >= 15 is 0 Å². The number of benzene rings is 1. The first-order valence-electron chi connectivity index (χ1n) is 7.87. The molecule has 0 unspecified atom stereocenters. The SMILES string of the molecule is Cc1ccc(Cn2nnc(C(=O)O)c2C2CCCCC2)cc1. The van der Waals surface area contributed by atoms with Crippen molar-refractivity contribution in [3.63, 3.8) is 0 Å². The summed E-state index contributed by atoms with van der Waals surface area (Å²) in [4.78, 5) is 11.5. The van der Waals surface area contributed by atoms with Crippen LogP contribution < -0.4 is 0 Å². The van der Waals surface area contributed by atoms with Crippen LogP contribution in [0.25, 0.3) is 0 Å². The van der Waals surface area contributed by atoms with Crippen molar-refractivity contribution in [2.45, 2.75) is 51.5 Å². The molecule has 0 atom stereocenters. The number of carbonyl (C=O) groups is 1. The zero-order valence-electron chi connectivity index (χ0n) is 12.8. The minimum absolute atomic E-state index is 0.124. The predicted molar refractivity (Wildman–Crippen MR) is 83.1 cm³/mol. The molecule has 1 N–H and O–H groups in total. The Morgan fingerprint density at radius 1 is 1.23 bits per heavy atom. The Hall–Kier alpha value is -2.17. The topological polar surface area (TPSA) is 68.0 Å². The highest BCUT2D eigenvalue weighted by molar-refractivity contribution is 5.86. The Balaban J connectivity index is 1.92. The van der Waals surface area contributed by atoms with Gasteiger partial charge in [0.05, 0.1) is 12.2 Å². The summed E-state index contributed by atoms with van der Waals surface area (Å²) < 4.78 is 1.78. The van der Waals surface area contributed by atoms with Crippen molar-refractivity contribution in [3.8, 4) is 0 Å². The van der Waals surface area contributed by atoms with Gasteiger partial charge >= 0.3 is 5.97 Å². The monoisotopic (exact) mass is 299 g/mol. The Morgan fingerprint density at radius 3 is 2.55 bits per heavy atom. The number of hydrogen-bond donors (Lipinski definition) is 1. The number of nitrogens with zero attached hydrogens (tertiary/aromatic N) is 3. The molecular weight excluding hydrogens is 278 g/mol. The minimum Gasteiger partial charge on any atom is -0.476 e. The summed E-state index contributed by atoms with van der Waals surface area (Å²) in [6, 6.07) is 8.24. The van der Waals surface area contributed by atoms with Crippen LogP contribution in [0.3, 0.4) is 0 Å². The van der Waals surface area contributed by atoms with Gasteiger partial charge in [0.1, 0.15) is 0 Å². The maximum absolute atomic E-state index is 11.5. The van der Waals surface area contributed by atoms with Gasteiger partial charge in [0, 0.05) is 5.92 Å². The summed E-state index contributed by atoms with van der Waals surface area (Å²) in [5.41, 5.74) is 3.25. The van der Waals surface area contributed by atoms with Gasteiger partial charge in [-0.05, 0) is 25.3 Å². The predicted octanol–water partition coefficient (Wildman–Crippen LogP) is 3.38. The summed E-state index contributed by atoms with van der Waals surface area (Å²) in [7, 11) is 0. The third-order valence-electron chi connectivity index (χ3n) is 4.42. The zero-order chi connectivity index (χ0) is 15.5. The van der Waals surface area contributed by atoms with Crippen LogP contribution in [0.15, 0.2) is 24.3 Å². The van der Waals surface area contributed by atoms with E-state index in [4.69, 9.17) is 0 Å². The van der Waals surface area contributed by atoms with Crippen molar-refractivity contribution in [1.82, 2.24) is 15.0 Å². The average molecular weight is 299 g/mol. The molecule has 116 valence electrons. The fraction of sp³-hybridized carbons (Fsp3) is 0.471. The molecule has 22 heavy (non-hydrogen) atoms. The van der Waals surface area contributed by atoms with Gasteiger partial charge in [-0.25, -0.2) is 9.48 Å². The molecule has 1 fully saturated rings. The molecule has 1 aromatic carbocycles. The molecule has 1 aromatic heterocycles. The van der Waals surface area contributed by atoms with Gasteiger partial charge < -0.3 is 5.11 Å². The highest BCUT2D eigenvalue weighted by Crippen LogP contribution is 2.34. The third-order valence-corrected chi connectivity index (χ3v) is 4.42. The lowest BCUT2D eigenvalue weighted by Gasteiger charge is -2.22. The summed E-state index contributed by atoms with van der Waals surface area (Å²) >= 11 is 0. The van der Waals surface area contributed by atoms with Crippen LogP contribution in [-0.2, 0) is 6.54 Å². The fourth-order valence-electron chi connectivity index (χ4n) is 3.24. The maximum Gasteiger partial charge on any atom is 0.358 e. The molecule has 5 nitrogen and oxygen atoms in total. The van der Waals surface area contributed by atoms with Gasteiger partial charge in [-0.1, -0.05) is 54.3 Å². The van der Waals surface area contributed by atoms with E-state index in [-0.39, 0.29) is 11.6 Å². The molecule has 2 aromatic rings. The van der Waals surface area contributed by atoms with Crippen molar-refractivity contribution in [3.05, 3.63) is 46.8 Å². The molecule has 0 radical (unpaired) electrons. The number of rotatable bonds is 4. The van der Waals surface area contributed by atoms with E-state index in [1.807, 2.05) is 0 Å². The first-order chi connectivity index (χ1) is 10.6. The van der Waals surface area contributed by atoms with Crippen molar-refractivity contribution in [1.29, 1.82) is 0 Å². The molecule has 0 amide bonds. The molecule has 0 aliphatic heterocycles. The van der Waals surface area contributed by atoms with Crippen LogP contribution in [0.5, 0.6) is 0 Å². The second-order valence-electron chi connectivity index (χ2n) is 6.11. The normalized spacial score (nSPS) is 15.9. The molecule has 1 heterocycles. The lowest BCUT2D eigenvalue weighted by atomic mass is 9.86. The molecule has 1 aliphatic carbocycles. The Labute approximate surface area is 130 Å². The third kappa shape index (κ3) is 3.03. The first-order valence-corrected chi connectivity index (χ1v) is 7.87. The van der Waals surface area contributed by atoms with Crippen molar-refractivity contribution >= 4 is 5.97 Å². The van der Waals surface area contributed by atoms with Crippen molar-refractivity contribution < 1.29 is 9.90 Å². The molecule has 0 spiro atoms. The van der Waals surface area contributed by atoms with E-state index in [1.165, 1.54) is 12.0 Å². The zero-order valence-corrected chi connectivity index (χ0v) is 12.8. The Bertz CT molecular complexity index is 655. The first kappa shape index (κ1) is 14.8. The highest BCUT2D eigenvalue weighted by Gasteiger charge is 2.27. The summed E-state index contributed by atoms with van der Waals surface area (Å²) in [6.07, 6.45) is 5.60. The number of carboxylic acids is 1. The Kier molecular flexibility index (Phi) is 4.22. The number of aromatic carboxylic acids is 1. The van der Waals surface area contributed by atoms with Gasteiger partial charge in [0.25, 0.3) is 0 Å². The molecule has 5 heteroatoms. The fourth-order valence-corrected chi connectivity index (χ4v) is 3.24. The van der Waals surface area contributed by atoms with Crippen LogP contribution in [-0.4, -0.2) is 26.1 Å². The average Bonchev–Trinajstić information content (AvgIpc) is 2.94. The summed E-state index contributed by atoms with van der Waals surface area (Å²) in [5, 5.41) is 17.4. The molecule has 0 saturated heterocycles. The van der Waals surface area contributed by atoms with Crippen LogP contribution in [0, 0.1) is 6.92 Å². The van der Waals surface area contributed by atoms with Gasteiger partial charge in [-0.3, -0.25) is 0 Å². The number of carboxylic acid groups (broad SMARTS) is 1. The van der Waals surface area contributed by atoms with E-state index < -0.39 is 5.97 Å². The van der Waals surface area contributed by atoms with E-state index in [9.17, 15) is 9.90 Å². The van der Waals surface area contributed by atoms with Crippen LogP contribution >= 0.6 is 0 Å². The van der Waals surface area contributed by atoms with E-state index in [0.29, 0.717) is 6.54 Å². The molecule has 1 saturated carbocycles. The quantitative estimate of drug-likeness (QED) is 0.939. The molecule has 3 rings (SSSR count). The van der Waals surface area contributed by atoms with Gasteiger partial charge in [-0.2, -0.15) is 0 Å². The van der Waals surface area contributed by atoms with Crippen molar-refractivity contribution in [2.24, 2.45) is 0 Å². The smallest absolute Gasteiger partial charge is 0.358 e. The summed E-state index contributed by atoms with van der Waals surface area (Å²) in [5.74, 6) is -0.712. The lowest BCUT2D eigenvalue weighted by molar-refractivity contribution is 0.0688. The second kappa shape index (κ2) is 6.30. The number of aromatic nitrogens is 3. The van der Waals surface area contributed by atoms with Crippen LogP contribution in [0.1, 0.15) is 65.3 Å². The van der Waals surface area contributed by atoms with E-state index in [2.05, 4.69) is 41.5 Å². The second-order valence-corrected chi connectivity index (χ2v) is 6.11. The summed E-state index contributed by atoms with van der Waals surface area (Å²) in [6.45, 7) is 2.63. The highest BCUT2D eigenvalue weighted by atomic mass is 16.4. The number of hydrogen-bond acceptors (Lipinski definition) is 3. The molecular formula is C17H21N3O2. The van der Waals surface area contributed by atoms with Crippen LogP contribution in [0.4, 0.5) is 0 Å². The van der Waals surface area contributed by atoms with Crippen molar-refractivity contribution in [2.75, 3.05) is 0 Å². The number of aryl methyl sites for hydroxylation is 1. The minimum atomic E-state index is -0.976. The van der Waals surface area contributed by atoms with Gasteiger partial charge in [0.15, 0.2) is 5.69 Å². The van der Waals surface area contributed by atoms with Crippen LogP contribution in [0.2, 0.25) is 0 Å². The largest absolute Gasteiger partial charge is 0.476 e. The standard InChI is InChI=1S/C17H21N3O2/c1-12-7-9-13(10-8-12)11-20-16(14-5-3-2-4-6-14)15(17(21)22)18-19-20/h7-10,14H,2-6,11H2,1H3,(H,21,22). The van der Waals surface area contributed by atoms with E-state index in [0.717, 1.165) is 36.9 Å².